The van der Waals surface area contributed by atoms with Crippen LogP contribution in [0.25, 0.3) is 0 Å². The number of amides is 1. The monoisotopic (exact) mass is 277 g/mol. The molecular formula is C15H16FNO3. The van der Waals surface area contributed by atoms with Gasteiger partial charge in [-0.15, -0.1) is 0 Å². The summed E-state index contributed by atoms with van der Waals surface area (Å²) in [6.07, 6.45) is 2.42. The number of hydrogen-bond acceptors (Lipinski definition) is 2. The summed E-state index contributed by atoms with van der Waals surface area (Å²) >= 11 is 0. The molecule has 1 aliphatic rings. The molecule has 4 nitrogen and oxygen atoms in total. The lowest BCUT2D eigenvalue weighted by Gasteiger charge is -2.16. The zero-order chi connectivity index (χ0) is 14.5. The molecule has 0 unspecified atom stereocenters. The summed E-state index contributed by atoms with van der Waals surface area (Å²) in [6.45, 7) is 0.912. The summed E-state index contributed by atoms with van der Waals surface area (Å²) in [5.41, 5.74) is 1.13. The molecule has 106 valence electrons. The Hall–Kier alpha value is -2.17. The Kier molecular flexibility index (Phi) is 4.50. The van der Waals surface area contributed by atoms with Crippen LogP contribution in [-0.4, -0.2) is 35.0 Å². The van der Waals surface area contributed by atoms with Gasteiger partial charge in [0.05, 0.1) is 0 Å². The molecule has 0 radical (unpaired) electrons. The summed E-state index contributed by atoms with van der Waals surface area (Å²) in [5, 5.41) is 8.61. The van der Waals surface area contributed by atoms with Gasteiger partial charge in [0.2, 0.25) is 5.91 Å². The van der Waals surface area contributed by atoms with Gasteiger partial charge < -0.3 is 10.0 Å². The highest BCUT2D eigenvalue weighted by atomic mass is 19.1. The van der Waals surface area contributed by atoms with Crippen molar-refractivity contribution in [3.63, 3.8) is 0 Å². The average molecular weight is 277 g/mol. The van der Waals surface area contributed by atoms with Crippen molar-refractivity contribution in [3.05, 3.63) is 47.3 Å². The fourth-order valence-electron chi connectivity index (χ4n) is 2.19. The molecule has 0 aliphatic carbocycles. The Labute approximate surface area is 116 Å². The molecule has 0 atom stereocenters. The lowest BCUT2D eigenvalue weighted by atomic mass is 10.1. The maximum absolute atomic E-state index is 13.5. The van der Waals surface area contributed by atoms with E-state index >= 15 is 0 Å². The van der Waals surface area contributed by atoms with Crippen molar-refractivity contribution in [3.8, 4) is 0 Å². The smallest absolute Gasteiger partial charge is 0.303 e. The minimum absolute atomic E-state index is 0.0429. The fourth-order valence-corrected chi connectivity index (χ4v) is 2.19. The average Bonchev–Trinajstić information content (AvgIpc) is 2.76. The van der Waals surface area contributed by atoms with E-state index < -0.39 is 5.97 Å². The van der Waals surface area contributed by atoms with E-state index in [1.807, 2.05) is 0 Å². The van der Waals surface area contributed by atoms with Gasteiger partial charge in [-0.3, -0.25) is 9.59 Å². The van der Waals surface area contributed by atoms with Crippen LogP contribution < -0.4 is 0 Å². The Morgan fingerprint density at radius 3 is 2.75 bits per heavy atom. The van der Waals surface area contributed by atoms with E-state index in [1.165, 1.54) is 6.07 Å². The molecule has 20 heavy (non-hydrogen) atoms. The molecule has 0 spiro atoms. The van der Waals surface area contributed by atoms with Gasteiger partial charge in [0.15, 0.2) is 0 Å². The van der Waals surface area contributed by atoms with Gasteiger partial charge in [-0.2, -0.15) is 0 Å². The zero-order valence-corrected chi connectivity index (χ0v) is 11.0. The van der Waals surface area contributed by atoms with E-state index in [9.17, 15) is 14.0 Å². The highest BCUT2D eigenvalue weighted by Crippen LogP contribution is 2.17. The van der Waals surface area contributed by atoms with Gasteiger partial charge in [0, 0.05) is 25.1 Å². The predicted molar refractivity (Wildman–Crippen MR) is 71.6 cm³/mol. The minimum atomic E-state index is -0.913. The van der Waals surface area contributed by atoms with Crippen molar-refractivity contribution >= 4 is 11.9 Å². The molecule has 1 N–H and O–H groups in total. The summed E-state index contributed by atoms with van der Waals surface area (Å²) in [5.74, 6) is -1.32. The SMILES string of the molecule is O=C(O)CCC1=CCN(CCc2ccccc2F)C1=O. The normalized spacial score (nSPS) is 14.6. The number of carboxylic acids is 1. The summed E-state index contributed by atoms with van der Waals surface area (Å²) in [4.78, 5) is 24.1. The number of halogens is 1. The molecule has 1 amide bonds. The second kappa shape index (κ2) is 6.32. The standard InChI is InChI=1S/C15H16FNO3/c16-13-4-2-1-3-11(13)7-9-17-10-8-12(15(17)20)5-6-14(18)19/h1-4,8H,5-7,9-10H2,(H,18,19). The van der Waals surface area contributed by atoms with E-state index in [0.717, 1.165) is 0 Å². The molecule has 0 fully saturated rings. The number of hydrogen-bond donors (Lipinski definition) is 1. The highest BCUT2D eigenvalue weighted by Gasteiger charge is 2.23. The molecule has 1 aliphatic heterocycles. The van der Waals surface area contributed by atoms with Gasteiger partial charge in [-0.25, -0.2) is 4.39 Å². The number of nitrogens with zero attached hydrogens (tertiary/aromatic N) is 1. The summed E-state index contributed by atoms with van der Waals surface area (Å²) < 4.78 is 13.5. The Balaban J connectivity index is 1.86. The van der Waals surface area contributed by atoms with Crippen LogP contribution in [0.1, 0.15) is 18.4 Å². The quantitative estimate of drug-likeness (QED) is 0.865. The summed E-state index contributed by atoms with van der Waals surface area (Å²) in [7, 11) is 0. The third-order valence-corrected chi connectivity index (χ3v) is 3.34. The number of rotatable bonds is 6. The van der Waals surface area contributed by atoms with Crippen molar-refractivity contribution in [2.75, 3.05) is 13.1 Å². The van der Waals surface area contributed by atoms with Gasteiger partial charge in [0.1, 0.15) is 5.82 Å². The van der Waals surface area contributed by atoms with Crippen LogP contribution in [0.2, 0.25) is 0 Å². The maximum atomic E-state index is 13.5. The number of benzene rings is 1. The first kappa shape index (κ1) is 14.2. The van der Waals surface area contributed by atoms with Gasteiger partial charge in [-0.1, -0.05) is 24.3 Å². The Bertz CT molecular complexity index is 554. The first-order chi connectivity index (χ1) is 9.58. The van der Waals surface area contributed by atoms with Crippen LogP contribution >= 0.6 is 0 Å². The van der Waals surface area contributed by atoms with E-state index in [0.29, 0.717) is 30.6 Å². The third kappa shape index (κ3) is 3.44. The Morgan fingerprint density at radius 2 is 2.05 bits per heavy atom. The predicted octanol–water partition coefficient (Wildman–Crippen LogP) is 2.00. The lowest BCUT2D eigenvalue weighted by molar-refractivity contribution is -0.136. The first-order valence-electron chi connectivity index (χ1n) is 6.51. The van der Waals surface area contributed by atoms with Crippen LogP contribution in [0.5, 0.6) is 0 Å². The van der Waals surface area contributed by atoms with Crippen LogP contribution in [0.3, 0.4) is 0 Å². The van der Waals surface area contributed by atoms with Crippen molar-refractivity contribution in [2.24, 2.45) is 0 Å². The largest absolute Gasteiger partial charge is 0.481 e. The fraction of sp³-hybridized carbons (Fsp3) is 0.333. The number of aliphatic carboxylic acids is 1. The number of carbonyl (C=O) groups excluding carboxylic acids is 1. The molecule has 0 bridgehead atoms. The topological polar surface area (TPSA) is 57.6 Å². The van der Waals surface area contributed by atoms with Crippen molar-refractivity contribution in [2.45, 2.75) is 19.3 Å². The second-order valence-electron chi connectivity index (χ2n) is 4.72. The van der Waals surface area contributed by atoms with E-state index in [4.69, 9.17) is 5.11 Å². The molecule has 1 aromatic carbocycles. The van der Waals surface area contributed by atoms with Crippen LogP contribution in [0.15, 0.2) is 35.9 Å². The van der Waals surface area contributed by atoms with E-state index in [-0.39, 0.29) is 24.6 Å². The molecular weight excluding hydrogens is 261 g/mol. The minimum Gasteiger partial charge on any atom is -0.481 e. The highest BCUT2D eigenvalue weighted by molar-refractivity contribution is 5.96. The zero-order valence-electron chi connectivity index (χ0n) is 11.0. The van der Waals surface area contributed by atoms with Crippen LogP contribution in [0.4, 0.5) is 4.39 Å². The van der Waals surface area contributed by atoms with E-state index in [2.05, 4.69) is 0 Å². The molecule has 0 saturated carbocycles. The molecule has 5 heteroatoms. The first-order valence-corrected chi connectivity index (χ1v) is 6.51. The van der Waals surface area contributed by atoms with Gasteiger partial charge >= 0.3 is 5.97 Å². The number of carboxylic acid groups (broad SMARTS) is 1. The van der Waals surface area contributed by atoms with Crippen molar-refractivity contribution in [1.82, 2.24) is 4.90 Å². The molecule has 2 rings (SSSR count). The molecule has 1 heterocycles. The van der Waals surface area contributed by atoms with E-state index in [1.54, 1.807) is 29.2 Å². The summed E-state index contributed by atoms with van der Waals surface area (Å²) in [6, 6.07) is 6.50. The van der Waals surface area contributed by atoms with Crippen LogP contribution in [-0.2, 0) is 16.0 Å². The van der Waals surface area contributed by atoms with Gasteiger partial charge in [-0.05, 0) is 24.5 Å². The lowest BCUT2D eigenvalue weighted by Crippen LogP contribution is -2.29. The van der Waals surface area contributed by atoms with Gasteiger partial charge in [0.25, 0.3) is 0 Å². The second-order valence-corrected chi connectivity index (χ2v) is 4.72. The van der Waals surface area contributed by atoms with Crippen molar-refractivity contribution < 1.29 is 19.1 Å². The molecule has 1 aromatic rings. The molecule has 0 aromatic heterocycles. The number of carbonyl (C=O) groups is 2. The Morgan fingerprint density at radius 1 is 1.30 bits per heavy atom. The third-order valence-electron chi connectivity index (χ3n) is 3.34. The van der Waals surface area contributed by atoms with Crippen LogP contribution in [0, 0.1) is 5.82 Å². The molecule has 0 saturated heterocycles. The maximum Gasteiger partial charge on any atom is 0.303 e. The van der Waals surface area contributed by atoms with Crippen molar-refractivity contribution in [1.29, 1.82) is 0 Å².